The molecule has 0 atom stereocenters. The molecule has 0 saturated carbocycles. The lowest BCUT2D eigenvalue weighted by atomic mass is 9.94. The standard InChI is InChI=1S/C15H12F3NO/c1-7-3-9(16)4-8(2)13(7)15(20)11-5-10(17)6-12(19)14(11)18/h3-6H,19H2,1-2H3. The lowest BCUT2D eigenvalue weighted by Gasteiger charge is -2.11. The van der Waals surface area contributed by atoms with Gasteiger partial charge in [0.1, 0.15) is 11.6 Å². The molecule has 2 N–H and O–H groups in total. The zero-order valence-electron chi connectivity index (χ0n) is 10.9. The summed E-state index contributed by atoms with van der Waals surface area (Å²) in [5.74, 6) is -2.98. The van der Waals surface area contributed by atoms with Crippen molar-refractivity contribution in [2.75, 3.05) is 5.73 Å². The Hall–Kier alpha value is -2.30. The van der Waals surface area contributed by atoms with Gasteiger partial charge < -0.3 is 5.73 Å². The molecule has 0 bridgehead atoms. The first-order chi connectivity index (χ1) is 9.31. The van der Waals surface area contributed by atoms with Gasteiger partial charge in [0.15, 0.2) is 11.6 Å². The Morgan fingerprint density at radius 2 is 1.45 bits per heavy atom. The Kier molecular flexibility index (Phi) is 3.53. The van der Waals surface area contributed by atoms with Gasteiger partial charge in [0.2, 0.25) is 0 Å². The molecule has 0 spiro atoms. The van der Waals surface area contributed by atoms with Crippen LogP contribution >= 0.6 is 0 Å². The number of ketones is 1. The normalized spacial score (nSPS) is 10.7. The van der Waals surface area contributed by atoms with E-state index in [0.717, 1.165) is 12.1 Å². The average molecular weight is 279 g/mol. The zero-order valence-corrected chi connectivity index (χ0v) is 10.9. The SMILES string of the molecule is Cc1cc(F)cc(C)c1C(=O)c1cc(F)cc(N)c1F. The summed E-state index contributed by atoms with van der Waals surface area (Å²) in [5.41, 5.74) is 5.27. The van der Waals surface area contributed by atoms with E-state index in [-0.39, 0.29) is 5.56 Å². The van der Waals surface area contributed by atoms with Gasteiger partial charge in [-0.15, -0.1) is 0 Å². The highest BCUT2D eigenvalue weighted by atomic mass is 19.1. The maximum Gasteiger partial charge on any atom is 0.196 e. The predicted molar refractivity (Wildman–Crippen MR) is 70.1 cm³/mol. The molecule has 0 fully saturated rings. The summed E-state index contributed by atoms with van der Waals surface area (Å²) in [6.45, 7) is 3.06. The maximum atomic E-state index is 13.9. The lowest BCUT2D eigenvalue weighted by molar-refractivity contribution is 0.103. The van der Waals surface area contributed by atoms with Gasteiger partial charge in [-0.3, -0.25) is 4.79 Å². The lowest BCUT2D eigenvalue weighted by Crippen LogP contribution is -2.11. The topological polar surface area (TPSA) is 43.1 Å². The van der Waals surface area contributed by atoms with Crippen molar-refractivity contribution in [2.24, 2.45) is 0 Å². The highest BCUT2D eigenvalue weighted by Gasteiger charge is 2.21. The quantitative estimate of drug-likeness (QED) is 0.675. The first-order valence-corrected chi connectivity index (χ1v) is 5.87. The molecule has 0 heterocycles. The molecule has 0 radical (unpaired) electrons. The van der Waals surface area contributed by atoms with Gasteiger partial charge in [-0.1, -0.05) is 0 Å². The summed E-state index contributed by atoms with van der Waals surface area (Å²) < 4.78 is 40.4. The number of halogens is 3. The number of anilines is 1. The third kappa shape index (κ3) is 2.39. The highest BCUT2D eigenvalue weighted by Crippen LogP contribution is 2.24. The maximum absolute atomic E-state index is 13.9. The third-order valence-electron chi connectivity index (χ3n) is 3.03. The number of hydrogen-bond acceptors (Lipinski definition) is 2. The molecule has 5 heteroatoms. The van der Waals surface area contributed by atoms with Gasteiger partial charge in [0.25, 0.3) is 0 Å². The van der Waals surface area contributed by atoms with Gasteiger partial charge in [-0.05, 0) is 49.2 Å². The van der Waals surface area contributed by atoms with Crippen LogP contribution in [0.15, 0.2) is 24.3 Å². The van der Waals surface area contributed by atoms with Crippen molar-refractivity contribution in [1.29, 1.82) is 0 Å². The van der Waals surface area contributed by atoms with E-state index in [9.17, 15) is 18.0 Å². The molecule has 0 saturated heterocycles. The van der Waals surface area contributed by atoms with Crippen molar-refractivity contribution in [3.63, 3.8) is 0 Å². The Labute approximate surface area is 114 Å². The van der Waals surface area contributed by atoms with E-state index >= 15 is 0 Å². The van der Waals surface area contributed by atoms with Crippen molar-refractivity contribution in [3.8, 4) is 0 Å². The van der Waals surface area contributed by atoms with E-state index in [0.29, 0.717) is 11.1 Å². The van der Waals surface area contributed by atoms with E-state index in [1.807, 2.05) is 0 Å². The van der Waals surface area contributed by atoms with E-state index in [2.05, 4.69) is 0 Å². The van der Waals surface area contributed by atoms with Gasteiger partial charge >= 0.3 is 0 Å². The molecule has 0 aliphatic carbocycles. The van der Waals surface area contributed by atoms with Crippen LogP contribution in [0.3, 0.4) is 0 Å². The van der Waals surface area contributed by atoms with Crippen molar-refractivity contribution in [1.82, 2.24) is 0 Å². The molecular weight excluding hydrogens is 267 g/mol. The number of carbonyl (C=O) groups is 1. The second kappa shape index (κ2) is 5.00. The monoisotopic (exact) mass is 279 g/mol. The number of benzene rings is 2. The third-order valence-corrected chi connectivity index (χ3v) is 3.03. The van der Waals surface area contributed by atoms with Crippen LogP contribution in [0, 0.1) is 31.3 Å². The number of rotatable bonds is 2. The van der Waals surface area contributed by atoms with Gasteiger partial charge in [0, 0.05) is 5.56 Å². The minimum atomic E-state index is -0.973. The molecule has 2 aromatic carbocycles. The second-order valence-corrected chi connectivity index (χ2v) is 4.60. The number of aryl methyl sites for hydroxylation is 2. The van der Waals surface area contributed by atoms with Crippen LogP contribution in [0.5, 0.6) is 0 Å². The summed E-state index contributed by atoms with van der Waals surface area (Å²) in [5, 5.41) is 0. The smallest absolute Gasteiger partial charge is 0.196 e. The van der Waals surface area contributed by atoms with Gasteiger partial charge in [0.05, 0.1) is 11.3 Å². The molecule has 2 nitrogen and oxygen atoms in total. The number of hydrogen-bond donors (Lipinski definition) is 1. The van der Waals surface area contributed by atoms with E-state index < -0.39 is 34.5 Å². The molecule has 2 rings (SSSR count). The summed E-state index contributed by atoms with van der Waals surface area (Å²) >= 11 is 0. The summed E-state index contributed by atoms with van der Waals surface area (Å²) in [7, 11) is 0. The van der Waals surface area contributed by atoms with Crippen LogP contribution in [0.25, 0.3) is 0 Å². The molecule has 0 amide bonds. The molecule has 0 aliphatic rings. The minimum absolute atomic E-state index is 0.148. The number of nitrogens with two attached hydrogens (primary N) is 1. The summed E-state index contributed by atoms with van der Waals surface area (Å²) in [6, 6.07) is 3.92. The Bertz CT molecular complexity index is 688. The Morgan fingerprint density at radius 1 is 0.950 bits per heavy atom. The summed E-state index contributed by atoms with van der Waals surface area (Å²) in [6.07, 6.45) is 0. The largest absolute Gasteiger partial charge is 0.396 e. The fraction of sp³-hybridized carbons (Fsp3) is 0.133. The van der Waals surface area contributed by atoms with Crippen LogP contribution < -0.4 is 5.73 Å². The molecular formula is C15H12F3NO. The van der Waals surface area contributed by atoms with Crippen molar-refractivity contribution in [3.05, 3.63) is 64.0 Å². The van der Waals surface area contributed by atoms with Crippen LogP contribution in [-0.2, 0) is 0 Å². The molecule has 0 aromatic heterocycles. The average Bonchev–Trinajstić information content (AvgIpc) is 2.32. The Balaban J connectivity index is 2.64. The molecule has 0 aliphatic heterocycles. The minimum Gasteiger partial charge on any atom is -0.396 e. The van der Waals surface area contributed by atoms with Crippen LogP contribution in [0.4, 0.5) is 18.9 Å². The fourth-order valence-electron chi connectivity index (χ4n) is 2.18. The molecule has 0 unspecified atom stereocenters. The fourth-order valence-corrected chi connectivity index (χ4v) is 2.18. The molecule has 20 heavy (non-hydrogen) atoms. The predicted octanol–water partition coefficient (Wildman–Crippen LogP) is 3.53. The first-order valence-electron chi connectivity index (χ1n) is 5.87. The summed E-state index contributed by atoms with van der Waals surface area (Å²) in [4.78, 5) is 12.3. The van der Waals surface area contributed by atoms with E-state index in [4.69, 9.17) is 5.73 Å². The van der Waals surface area contributed by atoms with Crippen LogP contribution in [0.2, 0.25) is 0 Å². The highest BCUT2D eigenvalue weighted by molar-refractivity contribution is 6.11. The van der Waals surface area contributed by atoms with E-state index in [1.165, 1.54) is 26.0 Å². The van der Waals surface area contributed by atoms with Gasteiger partial charge in [-0.25, -0.2) is 13.2 Å². The number of nitrogen functional groups attached to an aromatic ring is 1. The van der Waals surface area contributed by atoms with Crippen molar-refractivity contribution >= 4 is 11.5 Å². The molecule has 104 valence electrons. The molecule has 2 aromatic rings. The van der Waals surface area contributed by atoms with Crippen LogP contribution in [0.1, 0.15) is 27.0 Å². The van der Waals surface area contributed by atoms with Gasteiger partial charge in [-0.2, -0.15) is 0 Å². The zero-order chi connectivity index (χ0) is 15.0. The second-order valence-electron chi connectivity index (χ2n) is 4.60. The van der Waals surface area contributed by atoms with Crippen LogP contribution in [-0.4, -0.2) is 5.78 Å². The van der Waals surface area contributed by atoms with E-state index in [1.54, 1.807) is 0 Å². The number of carbonyl (C=O) groups excluding carboxylic acids is 1. The van der Waals surface area contributed by atoms with Crippen molar-refractivity contribution in [2.45, 2.75) is 13.8 Å². The Morgan fingerprint density at radius 3 is 2.00 bits per heavy atom. The first kappa shape index (κ1) is 14.1. The van der Waals surface area contributed by atoms with Crippen molar-refractivity contribution < 1.29 is 18.0 Å².